The minimum atomic E-state index is 0.414. The molecule has 0 atom stereocenters. The molecule has 3 rings (SSSR count). The van der Waals surface area contributed by atoms with Gasteiger partial charge in [-0.1, -0.05) is 29.3 Å². The van der Waals surface area contributed by atoms with E-state index < -0.39 is 0 Å². The smallest absolute Gasteiger partial charge is 0.138 e. The summed E-state index contributed by atoms with van der Waals surface area (Å²) in [5.74, 6) is 0.780. The molecule has 0 fully saturated rings. The summed E-state index contributed by atoms with van der Waals surface area (Å²) in [7, 11) is 1.64. The van der Waals surface area contributed by atoms with Crippen LogP contribution in [0.5, 0.6) is 5.75 Å². The monoisotopic (exact) mass is 325 g/mol. The molecule has 4 nitrogen and oxygen atoms in total. The van der Waals surface area contributed by atoms with Crippen molar-refractivity contribution in [1.82, 2.24) is 4.98 Å². The Balaban J connectivity index is 1.85. The molecule has 0 aliphatic carbocycles. The largest absolute Gasteiger partial charge is 0.497 e. The second-order valence-electron chi connectivity index (χ2n) is 5.16. The molecule has 23 heavy (non-hydrogen) atoms. The summed E-state index contributed by atoms with van der Waals surface area (Å²) in [5, 5.41) is 5.58. The van der Waals surface area contributed by atoms with Crippen LogP contribution in [0, 0.1) is 6.92 Å². The van der Waals surface area contributed by atoms with E-state index in [1.807, 2.05) is 55.5 Å². The van der Waals surface area contributed by atoms with Crippen molar-refractivity contribution < 1.29 is 4.74 Å². The molecule has 0 aliphatic heterocycles. The number of aromatic nitrogens is 1. The number of nitrogens with zero attached hydrogens (tertiary/aromatic N) is 2. The highest BCUT2D eigenvalue weighted by Gasteiger charge is 2.04. The van der Waals surface area contributed by atoms with Gasteiger partial charge in [-0.2, -0.15) is 5.10 Å². The number of ether oxygens (including phenoxy) is 1. The summed E-state index contributed by atoms with van der Waals surface area (Å²) in [6.07, 6.45) is 1.66. The van der Waals surface area contributed by atoms with Crippen molar-refractivity contribution in [2.75, 3.05) is 12.5 Å². The summed E-state index contributed by atoms with van der Waals surface area (Å²) in [5.41, 5.74) is 6.66. The third-order valence-electron chi connectivity index (χ3n) is 3.45. The van der Waals surface area contributed by atoms with Gasteiger partial charge in [-0.3, -0.25) is 5.43 Å². The zero-order valence-electron chi connectivity index (χ0n) is 12.9. The fourth-order valence-corrected chi connectivity index (χ4v) is 2.36. The van der Waals surface area contributed by atoms with Crippen molar-refractivity contribution in [1.29, 1.82) is 0 Å². The Labute approximate surface area is 139 Å². The van der Waals surface area contributed by atoms with E-state index in [0.29, 0.717) is 5.15 Å². The second-order valence-corrected chi connectivity index (χ2v) is 5.52. The van der Waals surface area contributed by atoms with Crippen LogP contribution in [0.3, 0.4) is 0 Å². The first-order valence-corrected chi connectivity index (χ1v) is 7.53. The van der Waals surface area contributed by atoms with E-state index in [0.717, 1.165) is 27.9 Å². The first-order chi connectivity index (χ1) is 11.2. The summed E-state index contributed by atoms with van der Waals surface area (Å²) >= 11 is 6.22. The highest BCUT2D eigenvalue weighted by atomic mass is 35.5. The van der Waals surface area contributed by atoms with Crippen molar-refractivity contribution in [3.63, 3.8) is 0 Å². The quantitative estimate of drug-likeness (QED) is 0.431. The van der Waals surface area contributed by atoms with Crippen LogP contribution in [0.1, 0.15) is 11.1 Å². The number of fused-ring (bicyclic) bond motifs is 1. The van der Waals surface area contributed by atoms with Gasteiger partial charge >= 0.3 is 0 Å². The van der Waals surface area contributed by atoms with E-state index in [1.165, 1.54) is 5.56 Å². The number of nitrogens with one attached hydrogen (secondary N) is 1. The molecule has 2 aromatic carbocycles. The van der Waals surface area contributed by atoms with Crippen LogP contribution in [-0.2, 0) is 0 Å². The van der Waals surface area contributed by atoms with Crippen LogP contribution < -0.4 is 10.2 Å². The normalized spacial score (nSPS) is 11.1. The van der Waals surface area contributed by atoms with Crippen molar-refractivity contribution >= 4 is 34.4 Å². The average molecular weight is 326 g/mol. The van der Waals surface area contributed by atoms with Gasteiger partial charge in [0.2, 0.25) is 0 Å². The molecule has 5 heteroatoms. The van der Waals surface area contributed by atoms with Gasteiger partial charge in [-0.15, -0.1) is 0 Å². The Morgan fingerprint density at radius 3 is 2.65 bits per heavy atom. The topological polar surface area (TPSA) is 46.5 Å². The van der Waals surface area contributed by atoms with Gasteiger partial charge in [-0.25, -0.2) is 4.98 Å². The van der Waals surface area contributed by atoms with E-state index in [9.17, 15) is 0 Å². The SMILES string of the molecule is COc1ccc2nc(Cl)c(/C=N\Nc3ccc(C)cc3)cc2c1. The lowest BCUT2D eigenvalue weighted by Crippen LogP contribution is -1.94. The van der Waals surface area contributed by atoms with E-state index in [1.54, 1.807) is 13.3 Å². The van der Waals surface area contributed by atoms with Gasteiger partial charge in [0.15, 0.2) is 0 Å². The van der Waals surface area contributed by atoms with Crippen LogP contribution in [-0.4, -0.2) is 18.3 Å². The molecule has 1 N–H and O–H groups in total. The van der Waals surface area contributed by atoms with Crippen LogP contribution in [0.2, 0.25) is 5.15 Å². The zero-order valence-corrected chi connectivity index (χ0v) is 13.6. The zero-order chi connectivity index (χ0) is 16.2. The minimum absolute atomic E-state index is 0.414. The number of hydrogen-bond donors (Lipinski definition) is 1. The fourth-order valence-electron chi connectivity index (χ4n) is 2.17. The molecule has 0 amide bonds. The Bertz CT molecular complexity index is 860. The van der Waals surface area contributed by atoms with Crippen molar-refractivity contribution in [3.8, 4) is 5.75 Å². The summed E-state index contributed by atoms with van der Waals surface area (Å²) in [6, 6.07) is 15.6. The number of anilines is 1. The molecule has 0 radical (unpaired) electrons. The summed E-state index contributed by atoms with van der Waals surface area (Å²) in [4.78, 5) is 4.38. The van der Waals surface area contributed by atoms with Crippen LogP contribution in [0.25, 0.3) is 10.9 Å². The third kappa shape index (κ3) is 3.60. The molecule has 0 saturated heterocycles. The van der Waals surface area contributed by atoms with Gasteiger partial charge < -0.3 is 4.74 Å². The van der Waals surface area contributed by atoms with Gasteiger partial charge in [0.1, 0.15) is 10.9 Å². The maximum atomic E-state index is 6.22. The van der Waals surface area contributed by atoms with Crippen LogP contribution in [0.15, 0.2) is 53.6 Å². The Morgan fingerprint density at radius 1 is 1.13 bits per heavy atom. The summed E-state index contributed by atoms with van der Waals surface area (Å²) < 4.78 is 5.23. The molecular weight excluding hydrogens is 310 g/mol. The average Bonchev–Trinajstić information content (AvgIpc) is 2.56. The first kappa shape index (κ1) is 15.3. The number of hydrogen-bond acceptors (Lipinski definition) is 4. The molecule has 1 heterocycles. The molecule has 0 bridgehead atoms. The van der Waals surface area contributed by atoms with E-state index in [4.69, 9.17) is 16.3 Å². The molecule has 0 saturated carbocycles. The highest BCUT2D eigenvalue weighted by molar-refractivity contribution is 6.32. The third-order valence-corrected chi connectivity index (χ3v) is 3.75. The Hall–Kier alpha value is -2.59. The molecule has 0 aliphatic rings. The van der Waals surface area contributed by atoms with Crippen molar-refractivity contribution in [2.24, 2.45) is 5.10 Å². The lowest BCUT2D eigenvalue weighted by Gasteiger charge is -2.05. The van der Waals surface area contributed by atoms with E-state index in [2.05, 4.69) is 15.5 Å². The van der Waals surface area contributed by atoms with Gasteiger partial charge in [0.25, 0.3) is 0 Å². The number of pyridine rings is 1. The van der Waals surface area contributed by atoms with Crippen molar-refractivity contribution in [3.05, 3.63) is 64.8 Å². The number of hydrazone groups is 1. The predicted molar refractivity (Wildman–Crippen MR) is 95.7 cm³/mol. The minimum Gasteiger partial charge on any atom is -0.497 e. The van der Waals surface area contributed by atoms with Gasteiger partial charge in [-0.05, 0) is 43.3 Å². The summed E-state index contributed by atoms with van der Waals surface area (Å²) in [6.45, 7) is 2.04. The molecule has 116 valence electrons. The van der Waals surface area contributed by atoms with E-state index >= 15 is 0 Å². The molecule has 3 aromatic rings. The molecule has 1 aromatic heterocycles. The van der Waals surface area contributed by atoms with E-state index in [-0.39, 0.29) is 0 Å². The Morgan fingerprint density at radius 2 is 1.91 bits per heavy atom. The molecular formula is C18H16ClN3O. The van der Waals surface area contributed by atoms with Crippen LogP contribution in [0.4, 0.5) is 5.69 Å². The second kappa shape index (κ2) is 6.67. The first-order valence-electron chi connectivity index (χ1n) is 7.16. The Kier molecular flexibility index (Phi) is 4.44. The number of aryl methyl sites for hydroxylation is 1. The van der Waals surface area contributed by atoms with Crippen molar-refractivity contribution in [2.45, 2.75) is 6.92 Å². The molecule has 0 spiro atoms. The lowest BCUT2D eigenvalue weighted by atomic mass is 10.1. The fraction of sp³-hybridized carbons (Fsp3) is 0.111. The van der Waals surface area contributed by atoms with Crippen LogP contribution >= 0.6 is 11.6 Å². The molecule has 0 unspecified atom stereocenters. The number of rotatable bonds is 4. The predicted octanol–water partition coefficient (Wildman–Crippen LogP) is 4.65. The number of methoxy groups -OCH3 is 1. The van der Waals surface area contributed by atoms with Gasteiger partial charge in [0, 0.05) is 10.9 Å². The standard InChI is InChI=1S/C18H16ClN3O/c1-12-3-5-15(6-4-12)22-20-11-14-9-13-10-16(23-2)7-8-17(13)21-18(14)19/h3-11,22H,1-2H3/b20-11-. The lowest BCUT2D eigenvalue weighted by molar-refractivity contribution is 0.415. The van der Waals surface area contributed by atoms with Gasteiger partial charge in [0.05, 0.1) is 24.5 Å². The number of benzene rings is 2. The highest BCUT2D eigenvalue weighted by Crippen LogP contribution is 2.23. The number of halogens is 1. The maximum absolute atomic E-state index is 6.22. The maximum Gasteiger partial charge on any atom is 0.138 e.